The molecule has 1 saturated heterocycles. The number of rotatable bonds is 2. The average molecular weight is 299 g/mol. The fraction of sp³-hybridized carbons (Fsp3) is 0.412. The fourth-order valence-corrected chi connectivity index (χ4v) is 2.90. The highest BCUT2D eigenvalue weighted by Crippen LogP contribution is 2.20. The minimum absolute atomic E-state index is 0.00392. The van der Waals surface area contributed by atoms with Gasteiger partial charge in [-0.15, -0.1) is 0 Å². The number of aryl methyl sites for hydroxylation is 1. The van der Waals surface area contributed by atoms with E-state index < -0.39 is 0 Å². The van der Waals surface area contributed by atoms with Crippen LogP contribution in [0.15, 0.2) is 30.5 Å². The molecule has 1 aromatic carbocycles. The van der Waals surface area contributed by atoms with Gasteiger partial charge in [0.1, 0.15) is 0 Å². The Balaban J connectivity index is 1.88. The lowest BCUT2D eigenvalue weighted by atomic mass is 10.1. The molecule has 1 aromatic heterocycles. The van der Waals surface area contributed by atoms with Gasteiger partial charge in [-0.1, -0.05) is 18.2 Å². The van der Waals surface area contributed by atoms with Gasteiger partial charge in [0, 0.05) is 13.1 Å². The van der Waals surface area contributed by atoms with Crippen molar-refractivity contribution >= 4 is 5.91 Å². The van der Waals surface area contributed by atoms with Crippen LogP contribution in [0.1, 0.15) is 34.5 Å². The van der Waals surface area contributed by atoms with Crippen molar-refractivity contribution in [1.82, 2.24) is 14.7 Å². The molecule has 22 heavy (non-hydrogen) atoms. The van der Waals surface area contributed by atoms with Crippen LogP contribution in [0, 0.1) is 13.8 Å². The van der Waals surface area contributed by atoms with Crippen molar-refractivity contribution in [2.45, 2.75) is 32.8 Å². The van der Waals surface area contributed by atoms with Gasteiger partial charge < -0.3 is 10.0 Å². The molecule has 2 heterocycles. The molecule has 3 rings (SSSR count). The van der Waals surface area contributed by atoms with E-state index in [1.807, 2.05) is 42.8 Å². The van der Waals surface area contributed by atoms with Gasteiger partial charge in [0.15, 0.2) is 0 Å². The van der Waals surface area contributed by atoms with E-state index in [4.69, 9.17) is 0 Å². The molecule has 0 radical (unpaired) electrons. The van der Waals surface area contributed by atoms with Crippen LogP contribution >= 0.6 is 0 Å². The van der Waals surface area contributed by atoms with Gasteiger partial charge in [0.25, 0.3) is 5.91 Å². The molecule has 0 spiro atoms. The molecule has 1 aliphatic heterocycles. The number of nitrogens with zero attached hydrogens (tertiary/aromatic N) is 3. The van der Waals surface area contributed by atoms with Crippen molar-refractivity contribution in [3.8, 4) is 5.69 Å². The molecule has 1 amide bonds. The van der Waals surface area contributed by atoms with Crippen LogP contribution in [0.2, 0.25) is 0 Å². The Morgan fingerprint density at radius 2 is 1.91 bits per heavy atom. The summed E-state index contributed by atoms with van der Waals surface area (Å²) in [7, 11) is 0. The van der Waals surface area contributed by atoms with E-state index in [-0.39, 0.29) is 12.0 Å². The van der Waals surface area contributed by atoms with Crippen molar-refractivity contribution in [2.75, 3.05) is 13.1 Å². The van der Waals surface area contributed by atoms with E-state index >= 15 is 0 Å². The second-order valence-corrected chi connectivity index (χ2v) is 5.87. The second kappa shape index (κ2) is 5.93. The molecule has 2 aromatic rings. The van der Waals surface area contributed by atoms with Gasteiger partial charge in [-0.2, -0.15) is 5.10 Å². The largest absolute Gasteiger partial charge is 0.393 e. The van der Waals surface area contributed by atoms with E-state index in [1.165, 1.54) is 0 Å². The van der Waals surface area contributed by atoms with Crippen LogP contribution in [0.5, 0.6) is 0 Å². The van der Waals surface area contributed by atoms with Crippen molar-refractivity contribution in [3.63, 3.8) is 0 Å². The lowest BCUT2D eigenvalue weighted by molar-refractivity contribution is 0.0546. The molecule has 0 atom stereocenters. The minimum Gasteiger partial charge on any atom is -0.393 e. The zero-order chi connectivity index (χ0) is 15.7. The van der Waals surface area contributed by atoms with Crippen LogP contribution in [0.4, 0.5) is 0 Å². The minimum atomic E-state index is -0.278. The maximum Gasteiger partial charge on any atom is 0.257 e. The number of aromatic nitrogens is 2. The Morgan fingerprint density at radius 3 is 2.59 bits per heavy atom. The number of hydrogen-bond acceptors (Lipinski definition) is 3. The summed E-state index contributed by atoms with van der Waals surface area (Å²) in [5.41, 5.74) is 3.60. The zero-order valence-electron chi connectivity index (χ0n) is 13.0. The molecule has 116 valence electrons. The first-order valence-electron chi connectivity index (χ1n) is 7.66. The molecule has 1 aliphatic rings. The molecule has 1 N–H and O–H groups in total. The summed E-state index contributed by atoms with van der Waals surface area (Å²) in [5.74, 6) is 0.00392. The van der Waals surface area contributed by atoms with E-state index in [9.17, 15) is 9.90 Å². The molecule has 0 aliphatic carbocycles. The van der Waals surface area contributed by atoms with Crippen LogP contribution in [0.3, 0.4) is 0 Å². The molecular formula is C17H21N3O2. The number of carbonyl (C=O) groups is 1. The highest BCUT2D eigenvalue weighted by atomic mass is 16.3. The zero-order valence-corrected chi connectivity index (χ0v) is 13.0. The number of piperidine rings is 1. The Hall–Kier alpha value is -2.14. The first-order chi connectivity index (χ1) is 10.6. The van der Waals surface area contributed by atoms with Gasteiger partial charge in [0.05, 0.1) is 29.2 Å². The summed E-state index contributed by atoms with van der Waals surface area (Å²) in [6.07, 6.45) is 2.67. The molecule has 0 bridgehead atoms. The van der Waals surface area contributed by atoms with Crippen molar-refractivity contribution in [2.24, 2.45) is 0 Å². The Bertz CT molecular complexity index is 685. The number of carbonyl (C=O) groups excluding carboxylic acids is 1. The quantitative estimate of drug-likeness (QED) is 0.923. The Morgan fingerprint density at radius 1 is 1.23 bits per heavy atom. The predicted octanol–water partition coefficient (Wildman–Crippen LogP) is 2.09. The number of aliphatic hydroxyl groups excluding tert-OH is 1. The first kappa shape index (κ1) is 14.8. The second-order valence-electron chi connectivity index (χ2n) is 5.87. The van der Waals surface area contributed by atoms with Crippen LogP contribution in [0.25, 0.3) is 5.69 Å². The molecule has 5 heteroatoms. The first-order valence-corrected chi connectivity index (χ1v) is 7.66. The summed E-state index contributed by atoms with van der Waals surface area (Å²) in [6.45, 7) is 5.17. The monoisotopic (exact) mass is 299 g/mol. The van der Waals surface area contributed by atoms with Crippen LogP contribution in [-0.2, 0) is 0 Å². The standard InChI is InChI=1S/C17H21N3O2/c1-12-5-3-4-6-16(12)20-13(2)15(11-18-20)17(22)19-9-7-14(21)8-10-19/h3-6,11,14,21H,7-10H2,1-2H3. The van der Waals surface area contributed by atoms with E-state index in [0.29, 0.717) is 31.5 Å². The normalized spacial score (nSPS) is 16.0. The lowest BCUT2D eigenvalue weighted by Gasteiger charge is -2.29. The smallest absolute Gasteiger partial charge is 0.257 e. The Kier molecular flexibility index (Phi) is 3.98. The summed E-state index contributed by atoms with van der Waals surface area (Å²) < 4.78 is 1.82. The summed E-state index contributed by atoms with van der Waals surface area (Å²) in [5, 5.41) is 14.0. The Labute approximate surface area is 130 Å². The number of aliphatic hydroxyl groups is 1. The van der Waals surface area contributed by atoms with Gasteiger partial charge >= 0.3 is 0 Å². The number of para-hydroxylation sites is 1. The van der Waals surface area contributed by atoms with Crippen molar-refractivity contribution < 1.29 is 9.90 Å². The summed E-state index contributed by atoms with van der Waals surface area (Å²) >= 11 is 0. The number of likely N-dealkylation sites (tertiary alicyclic amines) is 1. The number of benzene rings is 1. The third-order valence-corrected chi connectivity index (χ3v) is 4.34. The average Bonchev–Trinajstić information content (AvgIpc) is 2.89. The molecule has 1 fully saturated rings. The van der Waals surface area contributed by atoms with Gasteiger partial charge in [-0.25, -0.2) is 4.68 Å². The maximum atomic E-state index is 12.6. The van der Waals surface area contributed by atoms with Gasteiger partial charge in [-0.3, -0.25) is 4.79 Å². The van der Waals surface area contributed by atoms with E-state index in [1.54, 1.807) is 11.1 Å². The topological polar surface area (TPSA) is 58.4 Å². The summed E-state index contributed by atoms with van der Waals surface area (Å²) in [4.78, 5) is 14.5. The highest BCUT2D eigenvalue weighted by Gasteiger charge is 2.25. The highest BCUT2D eigenvalue weighted by molar-refractivity contribution is 5.95. The third-order valence-electron chi connectivity index (χ3n) is 4.34. The van der Waals surface area contributed by atoms with E-state index in [2.05, 4.69) is 5.10 Å². The number of hydrogen-bond donors (Lipinski definition) is 1. The summed E-state index contributed by atoms with van der Waals surface area (Å²) in [6, 6.07) is 7.99. The van der Waals surface area contributed by atoms with E-state index in [0.717, 1.165) is 16.9 Å². The van der Waals surface area contributed by atoms with Crippen LogP contribution in [-0.4, -0.2) is 44.9 Å². The molecule has 0 saturated carbocycles. The predicted molar refractivity (Wildman–Crippen MR) is 84.2 cm³/mol. The maximum absolute atomic E-state index is 12.6. The SMILES string of the molecule is Cc1ccccc1-n1ncc(C(=O)N2CCC(O)CC2)c1C. The fourth-order valence-electron chi connectivity index (χ4n) is 2.90. The van der Waals surface area contributed by atoms with Crippen LogP contribution < -0.4 is 0 Å². The van der Waals surface area contributed by atoms with Crippen molar-refractivity contribution in [1.29, 1.82) is 0 Å². The van der Waals surface area contributed by atoms with Gasteiger partial charge in [-0.05, 0) is 38.3 Å². The number of amides is 1. The lowest BCUT2D eigenvalue weighted by Crippen LogP contribution is -2.40. The molecule has 5 nitrogen and oxygen atoms in total. The third kappa shape index (κ3) is 2.64. The molecule has 0 unspecified atom stereocenters. The van der Waals surface area contributed by atoms with Crippen molar-refractivity contribution in [3.05, 3.63) is 47.3 Å². The van der Waals surface area contributed by atoms with Gasteiger partial charge in [0.2, 0.25) is 0 Å². The molecular weight excluding hydrogens is 278 g/mol.